The quantitative estimate of drug-likeness (QED) is 0.455. The van der Waals surface area contributed by atoms with Crippen molar-refractivity contribution in [1.82, 2.24) is 0 Å². The predicted molar refractivity (Wildman–Crippen MR) is 117 cm³/mol. The number of amides is 1. The van der Waals surface area contributed by atoms with Crippen molar-refractivity contribution in [3.63, 3.8) is 0 Å². The molecule has 33 heavy (non-hydrogen) atoms. The van der Waals surface area contributed by atoms with E-state index in [1.54, 1.807) is 30.3 Å². The Balaban J connectivity index is 1.77. The number of halogens is 3. The van der Waals surface area contributed by atoms with E-state index in [4.69, 9.17) is 14.2 Å². The summed E-state index contributed by atoms with van der Waals surface area (Å²) in [6.45, 7) is 1.86. The molecule has 2 atom stereocenters. The van der Waals surface area contributed by atoms with Crippen LogP contribution in [-0.4, -0.2) is 26.2 Å². The lowest BCUT2D eigenvalue weighted by molar-refractivity contribution is -0.138. The first-order valence-electron chi connectivity index (χ1n) is 10.2. The second-order valence-electron chi connectivity index (χ2n) is 7.62. The van der Waals surface area contributed by atoms with Gasteiger partial charge in [-0.05, 0) is 54.4 Å². The van der Waals surface area contributed by atoms with Crippen molar-refractivity contribution < 1.29 is 32.2 Å². The standard InChI is InChI=1S/C25H22F3NO4/c1-15-7-4-5-10-19(15)33-23-22(16-11-12-20(31-2)21(13-16)32-3)29(24(23)30)18-9-6-8-17(14-18)25(26,27)28/h4-14,22-23H,1-3H3/t22-,23-/m0/s1. The van der Waals surface area contributed by atoms with Crippen molar-refractivity contribution in [2.24, 2.45) is 0 Å². The number of β-lactam (4-membered cyclic amide) rings is 1. The molecule has 0 aliphatic carbocycles. The summed E-state index contributed by atoms with van der Waals surface area (Å²) in [4.78, 5) is 14.5. The molecule has 5 nitrogen and oxygen atoms in total. The third-order valence-electron chi connectivity index (χ3n) is 5.59. The molecule has 1 aliphatic heterocycles. The van der Waals surface area contributed by atoms with Crippen molar-refractivity contribution in [2.75, 3.05) is 19.1 Å². The highest BCUT2D eigenvalue weighted by molar-refractivity contribution is 6.05. The number of carbonyl (C=O) groups excluding carboxylic acids is 1. The average Bonchev–Trinajstić information content (AvgIpc) is 2.80. The van der Waals surface area contributed by atoms with Gasteiger partial charge < -0.3 is 14.2 Å². The van der Waals surface area contributed by atoms with Crippen molar-refractivity contribution in [3.8, 4) is 17.2 Å². The first-order chi connectivity index (χ1) is 15.7. The van der Waals surface area contributed by atoms with Crippen LogP contribution in [0.5, 0.6) is 17.2 Å². The number of alkyl halides is 3. The molecule has 8 heteroatoms. The fourth-order valence-electron chi connectivity index (χ4n) is 3.88. The number of hydrogen-bond donors (Lipinski definition) is 0. The fraction of sp³-hybridized carbons (Fsp3) is 0.240. The number of para-hydroxylation sites is 1. The van der Waals surface area contributed by atoms with Gasteiger partial charge in [0.15, 0.2) is 11.5 Å². The zero-order valence-corrected chi connectivity index (χ0v) is 18.2. The van der Waals surface area contributed by atoms with Gasteiger partial charge in [0.05, 0.1) is 19.8 Å². The van der Waals surface area contributed by atoms with E-state index in [9.17, 15) is 18.0 Å². The minimum Gasteiger partial charge on any atom is -0.493 e. The molecule has 1 heterocycles. The lowest BCUT2D eigenvalue weighted by atomic mass is 9.89. The molecule has 4 rings (SSSR count). The Morgan fingerprint density at radius 2 is 1.58 bits per heavy atom. The molecule has 0 spiro atoms. The molecule has 3 aromatic rings. The van der Waals surface area contributed by atoms with Crippen LogP contribution in [0.1, 0.15) is 22.7 Å². The largest absolute Gasteiger partial charge is 0.493 e. The second kappa shape index (κ2) is 8.69. The Kier molecular flexibility index (Phi) is 5.93. The Morgan fingerprint density at radius 1 is 0.848 bits per heavy atom. The van der Waals surface area contributed by atoms with Crippen LogP contribution in [0.2, 0.25) is 0 Å². The number of methoxy groups -OCH3 is 2. The number of carbonyl (C=O) groups is 1. The molecule has 0 aromatic heterocycles. The SMILES string of the molecule is COc1ccc([C@H]2[C@H](Oc3ccccc3C)C(=O)N2c2cccc(C(F)(F)F)c2)cc1OC. The summed E-state index contributed by atoms with van der Waals surface area (Å²) in [5.74, 6) is 1.03. The smallest absolute Gasteiger partial charge is 0.416 e. The van der Waals surface area contributed by atoms with Gasteiger partial charge in [-0.25, -0.2) is 0 Å². The maximum absolute atomic E-state index is 13.3. The average molecular weight is 457 g/mol. The van der Waals surface area contributed by atoms with Gasteiger partial charge in [-0.2, -0.15) is 13.2 Å². The van der Waals surface area contributed by atoms with Gasteiger partial charge in [-0.15, -0.1) is 0 Å². The Morgan fingerprint density at radius 3 is 2.24 bits per heavy atom. The summed E-state index contributed by atoms with van der Waals surface area (Å²) in [5.41, 5.74) is 0.790. The zero-order valence-electron chi connectivity index (χ0n) is 18.2. The van der Waals surface area contributed by atoms with Gasteiger partial charge in [0.1, 0.15) is 11.8 Å². The molecule has 3 aromatic carbocycles. The summed E-state index contributed by atoms with van der Waals surface area (Å²) >= 11 is 0. The second-order valence-corrected chi connectivity index (χ2v) is 7.62. The molecule has 1 fully saturated rings. The third-order valence-corrected chi connectivity index (χ3v) is 5.59. The molecule has 0 radical (unpaired) electrons. The lowest BCUT2D eigenvalue weighted by Crippen LogP contribution is -2.61. The van der Waals surface area contributed by atoms with Crippen LogP contribution in [-0.2, 0) is 11.0 Å². The van der Waals surface area contributed by atoms with E-state index in [-0.39, 0.29) is 5.69 Å². The van der Waals surface area contributed by atoms with Gasteiger partial charge in [-0.3, -0.25) is 9.69 Å². The molecule has 172 valence electrons. The van der Waals surface area contributed by atoms with Gasteiger partial charge in [0.25, 0.3) is 5.91 Å². The minimum atomic E-state index is -4.53. The predicted octanol–water partition coefficient (Wildman–Crippen LogP) is 5.57. The van der Waals surface area contributed by atoms with Crippen molar-refractivity contribution in [2.45, 2.75) is 25.2 Å². The maximum Gasteiger partial charge on any atom is 0.416 e. The lowest BCUT2D eigenvalue weighted by Gasteiger charge is -2.47. The summed E-state index contributed by atoms with van der Waals surface area (Å²) < 4.78 is 56.6. The number of anilines is 1. The highest BCUT2D eigenvalue weighted by atomic mass is 19.4. The Labute approximate surface area is 189 Å². The zero-order chi connectivity index (χ0) is 23.8. The Bertz CT molecular complexity index is 1180. The highest BCUT2D eigenvalue weighted by Crippen LogP contribution is 2.44. The maximum atomic E-state index is 13.3. The first-order valence-corrected chi connectivity index (χ1v) is 10.2. The van der Waals surface area contributed by atoms with E-state index in [0.717, 1.165) is 17.7 Å². The van der Waals surface area contributed by atoms with Crippen LogP contribution in [0.3, 0.4) is 0 Å². The number of benzene rings is 3. The van der Waals surface area contributed by atoms with Crippen LogP contribution in [0, 0.1) is 6.92 Å². The number of nitrogens with zero attached hydrogens (tertiary/aromatic N) is 1. The summed E-state index contributed by atoms with van der Waals surface area (Å²) in [6, 6.07) is 16.4. The fourth-order valence-corrected chi connectivity index (χ4v) is 3.88. The monoisotopic (exact) mass is 457 g/mol. The molecular weight excluding hydrogens is 435 g/mol. The summed E-state index contributed by atoms with van der Waals surface area (Å²) in [6.07, 6.45) is -5.45. The van der Waals surface area contributed by atoms with Crippen LogP contribution in [0.4, 0.5) is 18.9 Å². The van der Waals surface area contributed by atoms with Crippen LogP contribution in [0.25, 0.3) is 0 Å². The molecule has 1 saturated heterocycles. The van der Waals surface area contributed by atoms with E-state index in [0.29, 0.717) is 22.8 Å². The summed E-state index contributed by atoms with van der Waals surface area (Å²) in [7, 11) is 2.99. The molecule has 0 unspecified atom stereocenters. The number of ether oxygens (including phenoxy) is 3. The van der Waals surface area contributed by atoms with E-state index in [2.05, 4.69) is 0 Å². The minimum absolute atomic E-state index is 0.138. The van der Waals surface area contributed by atoms with Gasteiger partial charge in [0.2, 0.25) is 6.10 Å². The number of aryl methyl sites for hydroxylation is 1. The molecule has 0 N–H and O–H groups in total. The highest BCUT2D eigenvalue weighted by Gasteiger charge is 2.51. The van der Waals surface area contributed by atoms with Gasteiger partial charge in [0, 0.05) is 5.69 Å². The van der Waals surface area contributed by atoms with E-state index in [1.807, 2.05) is 19.1 Å². The van der Waals surface area contributed by atoms with Gasteiger partial charge >= 0.3 is 6.18 Å². The number of hydrogen-bond acceptors (Lipinski definition) is 4. The van der Waals surface area contributed by atoms with E-state index < -0.39 is 29.8 Å². The normalized spacial score (nSPS) is 18.0. The first kappa shape index (κ1) is 22.5. The van der Waals surface area contributed by atoms with E-state index >= 15 is 0 Å². The summed E-state index contributed by atoms with van der Waals surface area (Å²) in [5, 5.41) is 0. The molecule has 1 amide bonds. The van der Waals surface area contributed by atoms with E-state index in [1.165, 1.54) is 31.3 Å². The third kappa shape index (κ3) is 4.20. The van der Waals surface area contributed by atoms with Crippen molar-refractivity contribution >= 4 is 11.6 Å². The molecular formula is C25H22F3NO4. The Hall–Kier alpha value is -3.68. The molecule has 0 saturated carbocycles. The van der Waals surface area contributed by atoms with Gasteiger partial charge in [-0.1, -0.05) is 30.3 Å². The van der Waals surface area contributed by atoms with Crippen molar-refractivity contribution in [1.29, 1.82) is 0 Å². The van der Waals surface area contributed by atoms with Crippen molar-refractivity contribution in [3.05, 3.63) is 83.4 Å². The number of rotatable bonds is 6. The van der Waals surface area contributed by atoms with Crippen LogP contribution in [0.15, 0.2) is 66.7 Å². The van der Waals surface area contributed by atoms with Crippen LogP contribution < -0.4 is 19.1 Å². The van der Waals surface area contributed by atoms with Crippen LogP contribution >= 0.6 is 0 Å². The topological polar surface area (TPSA) is 48.0 Å². The molecule has 1 aliphatic rings. The molecule has 0 bridgehead atoms.